The predicted octanol–water partition coefficient (Wildman–Crippen LogP) is 2.32. The molecule has 7 heteroatoms. The lowest BCUT2D eigenvalue weighted by Gasteiger charge is -2.24. The molecule has 2 aromatic rings. The standard InChI is InChI=1S/C20H26N4O2S/c25-20-10-14-13-26-9-7-16(14)22-24(20)11-15-4-3-8-23(15)12-19-21-17-5-1-2-6-18(17)27-19/h10,15H,1-9,11-13H2. The van der Waals surface area contributed by atoms with Crippen molar-refractivity contribution in [3.63, 3.8) is 0 Å². The Morgan fingerprint density at radius 3 is 3.04 bits per heavy atom. The Kier molecular flexibility index (Phi) is 4.83. The molecule has 0 radical (unpaired) electrons. The van der Waals surface area contributed by atoms with Crippen LogP contribution in [-0.2, 0) is 43.7 Å². The monoisotopic (exact) mass is 386 g/mol. The molecule has 1 aliphatic carbocycles. The third-order valence-electron chi connectivity index (χ3n) is 6.02. The third kappa shape index (κ3) is 3.60. The van der Waals surface area contributed by atoms with E-state index in [9.17, 15) is 4.79 Å². The molecule has 1 saturated heterocycles. The molecule has 0 N–H and O–H groups in total. The van der Waals surface area contributed by atoms with Crippen molar-refractivity contribution in [3.8, 4) is 0 Å². The molecule has 3 aliphatic rings. The van der Waals surface area contributed by atoms with Crippen LogP contribution in [0, 0.1) is 0 Å². The quantitative estimate of drug-likeness (QED) is 0.807. The van der Waals surface area contributed by atoms with E-state index in [4.69, 9.17) is 9.72 Å². The van der Waals surface area contributed by atoms with Crippen LogP contribution in [0.5, 0.6) is 0 Å². The molecule has 6 nitrogen and oxygen atoms in total. The molecule has 4 heterocycles. The number of hydrogen-bond acceptors (Lipinski definition) is 6. The molecule has 5 rings (SSSR count). The van der Waals surface area contributed by atoms with Gasteiger partial charge in [-0.15, -0.1) is 11.3 Å². The third-order valence-corrected chi connectivity index (χ3v) is 7.16. The van der Waals surface area contributed by atoms with E-state index < -0.39 is 0 Å². The van der Waals surface area contributed by atoms with Crippen LogP contribution in [0.25, 0.3) is 0 Å². The van der Waals surface area contributed by atoms with Crippen molar-refractivity contribution in [2.45, 2.75) is 70.7 Å². The normalized spacial score (nSPS) is 22.6. The van der Waals surface area contributed by atoms with Gasteiger partial charge in [0.15, 0.2) is 0 Å². The molecule has 0 aromatic carbocycles. The van der Waals surface area contributed by atoms with Crippen LogP contribution in [0.4, 0.5) is 0 Å². The summed E-state index contributed by atoms with van der Waals surface area (Å²) in [4.78, 5) is 21.4. The van der Waals surface area contributed by atoms with Crippen LogP contribution < -0.4 is 5.56 Å². The summed E-state index contributed by atoms with van der Waals surface area (Å²) in [6.45, 7) is 3.89. The van der Waals surface area contributed by atoms with Crippen LogP contribution in [0.3, 0.4) is 0 Å². The number of aromatic nitrogens is 3. The van der Waals surface area contributed by atoms with Gasteiger partial charge in [-0.05, 0) is 45.1 Å². The zero-order valence-electron chi connectivity index (χ0n) is 15.7. The zero-order valence-corrected chi connectivity index (χ0v) is 16.5. The Bertz CT molecular complexity index is 867. The molecule has 0 amide bonds. The number of fused-ring (bicyclic) bond motifs is 2. The predicted molar refractivity (Wildman–Crippen MR) is 104 cm³/mol. The minimum absolute atomic E-state index is 0.00388. The Hall–Kier alpha value is -1.57. The van der Waals surface area contributed by atoms with E-state index in [-0.39, 0.29) is 5.56 Å². The van der Waals surface area contributed by atoms with Gasteiger partial charge in [0, 0.05) is 29.0 Å². The lowest BCUT2D eigenvalue weighted by atomic mass is 10.0. The topological polar surface area (TPSA) is 60.2 Å². The van der Waals surface area contributed by atoms with E-state index >= 15 is 0 Å². The number of ether oxygens (including phenoxy) is 1. The SMILES string of the molecule is O=c1cc2c(nn1CC1CCCN1Cc1nc3c(s1)CCCC3)CCOC2. The van der Waals surface area contributed by atoms with Crippen LogP contribution in [0.1, 0.15) is 52.5 Å². The van der Waals surface area contributed by atoms with Crippen LogP contribution in [-0.4, -0.2) is 38.9 Å². The number of nitrogens with zero attached hydrogens (tertiary/aromatic N) is 4. The molecule has 0 bridgehead atoms. The summed E-state index contributed by atoms with van der Waals surface area (Å²) in [5.41, 5.74) is 3.32. The van der Waals surface area contributed by atoms with Gasteiger partial charge in [-0.1, -0.05) is 0 Å². The number of hydrogen-bond donors (Lipinski definition) is 0. The fourth-order valence-corrected chi connectivity index (χ4v) is 5.72. The minimum atomic E-state index is -0.00388. The molecule has 2 aromatic heterocycles. The Morgan fingerprint density at radius 1 is 1.19 bits per heavy atom. The van der Waals surface area contributed by atoms with E-state index in [1.807, 2.05) is 11.3 Å². The highest BCUT2D eigenvalue weighted by Gasteiger charge is 2.27. The van der Waals surface area contributed by atoms with Gasteiger partial charge in [-0.2, -0.15) is 5.10 Å². The van der Waals surface area contributed by atoms with E-state index in [1.54, 1.807) is 10.7 Å². The molecule has 2 aliphatic heterocycles. The van der Waals surface area contributed by atoms with Crippen molar-refractivity contribution >= 4 is 11.3 Å². The first-order chi connectivity index (χ1) is 13.3. The summed E-state index contributed by atoms with van der Waals surface area (Å²) in [5, 5.41) is 5.90. The highest BCUT2D eigenvalue weighted by molar-refractivity contribution is 7.11. The van der Waals surface area contributed by atoms with Gasteiger partial charge in [0.25, 0.3) is 5.56 Å². The van der Waals surface area contributed by atoms with Gasteiger partial charge in [0.2, 0.25) is 0 Å². The Labute approximate surface area is 163 Å². The average molecular weight is 387 g/mol. The minimum Gasteiger partial charge on any atom is -0.376 e. The van der Waals surface area contributed by atoms with E-state index in [1.165, 1.54) is 41.3 Å². The zero-order chi connectivity index (χ0) is 18.2. The highest BCUT2D eigenvalue weighted by Crippen LogP contribution is 2.29. The van der Waals surface area contributed by atoms with Crippen LogP contribution >= 0.6 is 11.3 Å². The van der Waals surface area contributed by atoms with E-state index in [0.717, 1.165) is 43.6 Å². The maximum absolute atomic E-state index is 12.5. The molecule has 1 unspecified atom stereocenters. The number of thiazole rings is 1. The number of aryl methyl sites for hydroxylation is 2. The van der Waals surface area contributed by atoms with E-state index in [2.05, 4.69) is 10.00 Å². The van der Waals surface area contributed by atoms with E-state index in [0.29, 0.717) is 25.8 Å². The smallest absolute Gasteiger partial charge is 0.267 e. The van der Waals surface area contributed by atoms with Gasteiger partial charge < -0.3 is 4.74 Å². The second kappa shape index (κ2) is 7.45. The summed E-state index contributed by atoms with van der Waals surface area (Å²) < 4.78 is 7.12. The van der Waals surface area contributed by atoms with Crippen molar-refractivity contribution < 1.29 is 4.74 Å². The van der Waals surface area contributed by atoms with Crippen molar-refractivity contribution in [1.82, 2.24) is 19.7 Å². The van der Waals surface area contributed by atoms with Gasteiger partial charge in [0.05, 0.1) is 37.7 Å². The maximum atomic E-state index is 12.5. The second-order valence-corrected chi connectivity index (χ2v) is 9.06. The summed E-state index contributed by atoms with van der Waals surface area (Å²) in [6.07, 6.45) is 8.04. The fraction of sp³-hybridized carbons (Fsp3) is 0.650. The molecule has 0 saturated carbocycles. The summed E-state index contributed by atoms with van der Waals surface area (Å²) in [7, 11) is 0. The molecule has 0 spiro atoms. The average Bonchev–Trinajstić information content (AvgIpc) is 3.29. The number of likely N-dealkylation sites (tertiary alicyclic amines) is 1. The van der Waals surface area contributed by atoms with Crippen molar-refractivity contribution in [1.29, 1.82) is 0 Å². The Morgan fingerprint density at radius 2 is 2.11 bits per heavy atom. The molecule has 144 valence electrons. The molecular weight excluding hydrogens is 360 g/mol. The lowest BCUT2D eigenvalue weighted by Crippen LogP contribution is -2.37. The first kappa shape index (κ1) is 17.5. The lowest BCUT2D eigenvalue weighted by molar-refractivity contribution is 0.107. The Balaban J connectivity index is 1.31. The molecule has 1 atom stereocenters. The van der Waals surface area contributed by atoms with Crippen molar-refractivity contribution in [2.75, 3.05) is 13.2 Å². The first-order valence-corrected chi connectivity index (χ1v) is 11.0. The maximum Gasteiger partial charge on any atom is 0.267 e. The van der Waals surface area contributed by atoms with Gasteiger partial charge >= 0.3 is 0 Å². The summed E-state index contributed by atoms with van der Waals surface area (Å²) in [6, 6.07) is 2.09. The highest BCUT2D eigenvalue weighted by atomic mass is 32.1. The second-order valence-electron chi connectivity index (χ2n) is 7.89. The first-order valence-electron chi connectivity index (χ1n) is 10.2. The summed E-state index contributed by atoms with van der Waals surface area (Å²) in [5.74, 6) is 0. The molecule has 27 heavy (non-hydrogen) atoms. The fourth-order valence-electron chi connectivity index (χ4n) is 4.54. The van der Waals surface area contributed by atoms with Gasteiger partial charge in [0.1, 0.15) is 5.01 Å². The van der Waals surface area contributed by atoms with Crippen molar-refractivity contribution in [3.05, 3.63) is 43.3 Å². The largest absolute Gasteiger partial charge is 0.376 e. The number of rotatable bonds is 4. The molecular formula is C20H26N4O2S. The van der Waals surface area contributed by atoms with Crippen molar-refractivity contribution in [2.24, 2.45) is 0 Å². The van der Waals surface area contributed by atoms with Crippen LogP contribution in [0.2, 0.25) is 0 Å². The van der Waals surface area contributed by atoms with Gasteiger partial charge in [-0.25, -0.2) is 9.67 Å². The molecule has 1 fully saturated rings. The van der Waals surface area contributed by atoms with Crippen LogP contribution in [0.15, 0.2) is 10.9 Å². The summed E-state index contributed by atoms with van der Waals surface area (Å²) >= 11 is 1.90. The van der Waals surface area contributed by atoms with Gasteiger partial charge in [-0.3, -0.25) is 9.69 Å².